The van der Waals surface area contributed by atoms with E-state index < -0.39 is 0 Å². The van der Waals surface area contributed by atoms with Gasteiger partial charge >= 0.3 is 0 Å². The van der Waals surface area contributed by atoms with Crippen molar-refractivity contribution in [2.75, 3.05) is 0 Å². The molecule has 96 valence electrons. The van der Waals surface area contributed by atoms with Crippen molar-refractivity contribution in [1.29, 1.82) is 0 Å². The van der Waals surface area contributed by atoms with E-state index in [4.69, 9.17) is 23.2 Å². The topological polar surface area (TPSA) is 54.5 Å². The quantitative estimate of drug-likeness (QED) is 0.691. The zero-order valence-corrected chi connectivity index (χ0v) is 11.8. The molecule has 0 aromatic carbocycles. The van der Waals surface area contributed by atoms with E-state index in [0.29, 0.717) is 16.5 Å². The second-order valence-corrected chi connectivity index (χ2v) is 5.07. The van der Waals surface area contributed by atoms with Crippen molar-refractivity contribution in [2.24, 2.45) is 0 Å². The molecule has 0 fully saturated rings. The molecule has 3 heterocycles. The summed E-state index contributed by atoms with van der Waals surface area (Å²) in [6.45, 7) is 3.90. The summed E-state index contributed by atoms with van der Waals surface area (Å²) in [5.41, 5.74) is 4.13. The van der Waals surface area contributed by atoms with Crippen LogP contribution in [0.25, 0.3) is 22.6 Å². The summed E-state index contributed by atoms with van der Waals surface area (Å²) in [5, 5.41) is 0.661. The highest BCUT2D eigenvalue weighted by Gasteiger charge is 2.11. The van der Waals surface area contributed by atoms with Crippen molar-refractivity contribution < 1.29 is 0 Å². The van der Waals surface area contributed by atoms with Crippen LogP contribution >= 0.6 is 23.2 Å². The Hall–Kier alpha value is -1.65. The second-order valence-electron chi connectivity index (χ2n) is 4.30. The molecule has 1 N–H and O–H groups in total. The highest BCUT2D eigenvalue weighted by Crippen LogP contribution is 2.26. The van der Waals surface area contributed by atoms with Crippen LogP contribution < -0.4 is 0 Å². The van der Waals surface area contributed by atoms with E-state index in [9.17, 15) is 0 Å². The summed E-state index contributed by atoms with van der Waals surface area (Å²) in [7, 11) is 0. The number of imidazole rings is 1. The lowest BCUT2D eigenvalue weighted by atomic mass is 10.2. The second kappa shape index (κ2) is 4.47. The molecule has 0 bridgehead atoms. The molecule has 3 aromatic heterocycles. The fraction of sp³-hybridized carbons (Fsp3) is 0.154. The van der Waals surface area contributed by atoms with Crippen LogP contribution in [-0.4, -0.2) is 19.9 Å². The number of aromatic nitrogens is 4. The molecule has 0 aliphatic heterocycles. The number of aromatic amines is 1. The lowest BCUT2D eigenvalue weighted by molar-refractivity contribution is 1.11. The van der Waals surface area contributed by atoms with Gasteiger partial charge in [0.05, 0.1) is 10.5 Å². The maximum Gasteiger partial charge on any atom is 0.179 e. The summed E-state index contributed by atoms with van der Waals surface area (Å²) < 4.78 is 0. The van der Waals surface area contributed by atoms with Gasteiger partial charge in [0.25, 0.3) is 0 Å². The monoisotopic (exact) mass is 292 g/mol. The molecule has 0 saturated carbocycles. The molecule has 0 saturated heterocycles. The van der Waals surface area contributed by atoms with Crippen LogP contribution in [0.5, 0.6) is 0 Å². The highest BCUT2D eigenvalue weighted by molar-refractivity contribution is 6.41. The Morgan fingerprint density at radius 2 is 1.84 bits per heavy atom. The Labute approximate surface area is 119 Å². The van der Waals surface area contributed by atoms with E-state index in [1.54, 1.807) is 6.07 Å². The summed E-state index contributed by atoms with van der Waals surface area (Å²) in [6.07, 6.45) is 0. The number of nitrogens with one attached hydrogen (secondary N) is 1. The fourth-order valence-electron chi connectivity index (χ4n) is 1.96. The summed E-state index contributed by atoms with van der Waals surface area (Å²) >= 11 is 11.8. The van der Waals surface area contributed by atoms with Crippen LogP contribution in [0.1, 0.15) is 11.4 Å². The molecule has 6 heteroatoms. The number of hydrogen-bond acceptors (Lipinski definition) is 3. The predicted molar refractivity (Wildman–Crippen MR) is 76.6 cm³/mol. The normalized spacial score (nSPS) is 11.2. The van der Waals surface area contributed by atoms with Gasteiger partial charge in [0.1, 0.15) is 11.0 Å². The van der Waals surface area contributed by atoms with E-state index in [0.717, 1.165) is 22.5 Å². The van der Waals surface area contributed by atoms with Gasteiger partial charge in [-0.05, 0) is 32.0 Å². The van der Waals surface area contributed by atoms with Crippen LogP contribution in [-0.2, 0) is 0 Å². The van der Waals surface area contributed by atoms with Crippen molar-refractivity contribution >= 4 is 34.4 Å². The Kier molecular flexibility index (Phi) is 2.92. The van der Waals surface area contributed by atoms with E-state index in [1.807, 2.05) is 26.0 Å². The summed E-state index contributed by atoms with van der Waals surface area (Å²) in [6, 6.07) is 5.65. The van der Waals surface area contributed by atoms with Gasteiger partial charge in [0, 0.05) is 17.0 Å². The first-order valence-corrected chi connectivity index (χ1v) is 6.46. The number of nitrogens with zero attached hydrogens (tertiary/aromatic N) is 3. The zero-order valence-electron chi connectivity index (χ0n) is 10.3. The molecule has 0 radical (unpaired) electrons. The molecule has 0 aliphatic carbocycles. The van der Waals surface area contributed by atoms with Gasteiger partial charge in [-0.1, -0.05) is 23.2 Å². The number of H-pyrrole nitrogens is 1. The lowest BCUT2D eigenvalue weighted by Gasteiger charge is -2.01. The standard InChI is InChI=1S/C13H10Cl2N4/c1-6-3-4-8(7(2)16-6)12-17-10-5-9(14)11(15)18-13(10)19-12/h3-5H,1-2H3,(H,17,18,19). The Morgan fingerprint density at radius 1 is 1.05 bits per heavy atom. The minimum Gasteiger partial charge on any atom is -0.336 e. The van der Waals surface area contributed by atoms with Crippen molar-refractivity contribution in [3.8, 4) is 11.4 Å². The van der Waals surface area contributed by atoms with Crippen LogP contribution in [0.4, 0.5) is 0 Å². The molecule has 0 aliphatic rings. The van der Waals surface area contributed by atoms with Crippen LogP contribution in [0.2, 0.25) is 10.2 Å². The highest BCUT2D eigenvalue weighted by atomic mass is 35.5. The minimum absolute atomic E-state index is 0.256. The molecule has 0 spiro atoms. The van der Waals surface area contributed by atoms with E-state index in [2.05, 4.69) is 19.9 Å². The largest absolute Gasteiger partial charge is 0.336 e. The maximum absolute atomic E-state index is 5.94. The van der Waals surface area contributed by atoms with Gasteiger partial charge in [-0.15, -0.1) is 0 Å². The molecule has 3 rings (SSSR count). The molecule has 0 atom stereocenters. The average Bonchev–Trinajstić information content (AvgIpc) is 2.72. The van der Waals surface area contributed by atoms with E-state index in [-0.39, 0.29) is 5.15 Å². The molecular formula is C13H10Cl2N4. The first kappa shape index (κ1) is 12.4. The van der Waals surface area contributed by atoms with Gasteiger partial charge < -0.3 is 4.98 Å². The average molecular weight is 293 g/mol. The third-order valence-corrected chi connectivity index (χ3v) is 3.54. The molecular weight excluding hydrogens is 283 g/mol. The molecule has 3 aromatic rings. The summed E-state index contributed by atoms with van der Waals surface area (Å²) in [4.78, 5) is 16.2. The molecule has 4 nitrogen and oxygen atoms in total. The maximum atomic E-state index is 5.94. The van der Waals surface area contributed by atoms with E-state index in [1.165, 1.54) is 0 Å². The van der Waals surface area contributed by atoms with Gasteiger partial charge in [-0.25, -0.2) is 9.97 Å². The van der Waals surface area contributed by atoms with E-state index >= 15 is 0 Å². The fourth-order valence-corrected chi connectivity index (χ4v) is 2.25. The molecule has 19 heavy (non-hydrogen) atoms. The Morgan fingerprint density at radius 3 is 2.58 bits per heavy atom. The molecule has 0 amide bonds. The van der Waals surface area contributed by atoms with Crippen molar-refractivity contribution in [2.45, 2.75) is 13.8 Å². The van der Waals surface area contributed by atoms with Crippen LogP contribution in [0.15, 0.2) is 18.2 Å². The SMILES string of the molecule is Cc1ccc(-c2nc3nc(Cl)c(Cl)cc3[nH]2)c(C)n1. The van der Waals surface area contributed by atoms with Gasteiger partial charge in [0.15, 0.2) is 5.65 Å². The Balaban J connectivity index is 2.20. The first-order valence-electron chi connectivity index (χ1n) is 5.71. The van der Waals surface area contributed by atoms with Crippen LogP contribution in [0.3, 0.4) is 0 Å². The summed E-state index contributed by atoms with van der Waals surface area (Å²) in [5.74, 6) is 0.714. The number of rotatable bonds is 1. The Bertz CT molecular complexity index is 741. The number of pyridine rings is 2. The molecule has 0 unspecified atom stereocenters. The number of aryl methyl sites for hydroxylation is 2. The first-order chi connectivity index (χ1) is 9.04. The number of fused-ring (bicyclic) bond motifs is 1. The smallest absolute Gasteiger partial charge is 0.179 e. The third kappa shape index (κ3) is 2.17. The van der Waals surface area contributed by atoms with Gasteiger partial charge in [-0.2, -0.15) is 0 Å². The lowest BCUT2D eigenvalue weighted by Crippen LogP contribution is -1.91. The minimum atomic E-state index is 0.256. The zero-order chi connectivity index (χ0) is 13.6. The van der Waals surface area contributed by atoms with Crippen LogP contribution in [0, 0.1) is 13.8 Å². The van der Waals surface area contributed by atoms with Gasteiger partial charge in [-0.3, -0.25) is 4.98 Å². The third-order valence-electron chi connectivity index (χ3n) is 2.86. The van der Waals surface area contributed by atoms with Crippen molar-refractivity contribution in [1.82, 2.24) is 19.9 Å². The van der Waals surface area contributed by atoms with Crippen molar-refractivity contribution in [3.63, 3.8) is 0 Å². The predicted octanol–water partition coefficient (Wildman–Crippen LogP) is 3.94. The van der Waals surface area contributed by atoms with Crippen molar-refractivity contribution in [3.05, 3.63) is 39.8 Å². The van der Waals surface area contributed by atoms with Gasteiger partial charge in [0.2, 0.25) is 0 Å². The number of halogens is 2. The number of hydrogen-bond donors (Lipinski definition) is 1.